The van der Waals surface area contributed by atoms with Gasteiger partial charge in [-0.15, -0.1) is 0 Å². The second-order valence-corrected chi connectivity index (χ2v) is 5.28. The Bertz CT molecular complexity index is 524. The molecular formula is C13H18N4O2. The van der Waals surface area contributed by atoms with Crippen molar-refractivity contribution < 1.29 is 9.59 Å². The van der Waals surface area contributed by atoms with Crippen molar-refractivity contribution in [1.82, 2.24) is 14.7 Å². The first kappa shape index (κ1) is 12.2. The predicted octanol–water partition coefficient (Wildman–Crippen LogP) is 0.536. The van der Waals surface area contributed by atoms with E-state index in [0.717, 1.165) is 19.3 Å². The van der Waals surface area contributed by atoms with E-state index in [4.69, 9.17) is 0 Å². The number of hydrogen-bond acceptors (Lipinski definition) is 3. The van der Waals surface area contributed by atoms with Crippen molar-refractivity contribution in [3.8, 4) is 0 Å². The third-order valence-electron chi connectivity index (χ3n) is 4.00. The predicted molar refractivity (Wildman–Crippen MR) is 69.5 cm³/mol. The number of rotatable bonds is 1. The zero-order chi connectivity index (χ0) is 13.6. The number of amides is 2. The number of aromatic nitrogens is 2. The van der Waals surface area contributed by atoms with Gasteiger partial charge in [0.1, 0.15) is 12.1 Å². The number of carbonyl (C=O) groups is 2. The van der Waals surface area contributed by atoms with Gasteiger partial charge >= 0.3 is 0 Å². The average molecular weight is 262 g/mol. The summed E-state index contributed by atoms with van der Waals surface area (Å²) in [5.74, 6) is 0.610. The molecule has 0 spiro atoms. The van der Waals surface area contributed by atoms with Gasteiger partial charge in [-0.05, 0) is 26.2 Å². The number of fused-ring (bicyclic) bond motifs is 1. The van der Waals surface area contributed by atoms with Gasteiger partial charge in [0.05, 0.1) is 0 Å². The summed E-state index contributed by atoms with van der Waals surface area (Å²) in [6.07, 6.45) is 4.55. The summed E-state index contributed by atoms with van der Waals surface area (Å²) < 4.78 is 1.65. The number of carbonyl (C=O) groups excluding carboxylic acids is 2. The molecule has 2 atom stereocenters. The normalized spacial score (nSPS) is 27.7. The van der Waals surface area contributed by atoms with Gasteiger partial charge in [-0.1, -0.05) is 0 Å². The molecule has 2 unspecified atom stereocenters. The minimum Gasteiger partial charge on any atom is -0.329 e. The zero-order valence-electron chi connectivity index (χ0n) is 11.2. The van der Waals surface area contributed by atoms with E-state index in [1.54, 1.807) is 40.7 Å². The van der Waals surface area contributed by atoms with Gasteiger partial charge in [0.2, 0.25) is 5.91 Å². The van der Waals surface area contributed by atoms with Crippen molar-refractivity contribution in [2.75, 3.05) is 11.4 Å². The molecule has 3 heterocycles. The lowest BCUT2D eigenvalue weighted by molar-refractivity contribution is -0.147. The largest absolute Gasteiger partial charge is 0.329 e. The maximum absolute atomic E-state index is 12.6. The van der Waals surface area contributed by atoms with Crippen molar-refractivity contribution in [2.24, 2.45) is 7.05 Å². The molecule has 0 radical (unpaired) electrons. The number of aryl methyl sites for hydroxylation is 1. The molecule has 2 saturated heterocycles. The highest BCUT2D eigenvalue weighted by Crippen LogP contribution is 2.28. The van der Waals surface area contributed by atoms with Crippen LogP contribution in [-0.2, 0) is 16.6 Å². The number of hydrogen-bond donors (Lipinski definition) is 0. The van der Waals surface area contributed by atoms with Gasteiger partial charge in [0.15, 0.2) is 5.82 Å². The Hall–Kier alpha value is -1.85. The summed E-state index contributed by atoms with van der Waals surface area (Å²) >= 11 is 0. The number of nitrogens with zero attached hydrogens (tertiary/aromatic N) is 4. The minimum atomic E-state index is -0.461. The molecule has 19 heavy (non-hydrogen) atoms. The first-order chi connectivity index (χ1) is 9.09. The summed E-state index contributed by atoms with van der Waals surface area (Å²) in [5.41, 5.74) is 0. The van der Waals surface area contributed by atoms with Gasteiger partial charge < -0.3 is 4.90 Å². The maximum Gasteiger partial charge on any atom is 0.251 e. The summed E-state index contributed by atoms with van der Waals surface area (Å²) in [5, 5.41) is 4.26. The molecule has 1 aromatic rings. The van der Waals surface area contributed by atoms with Crippen LogP contribution in [0.5, 0.6) is 0 Å². The molecule has 0 aliphatic carbocycles. The van der Waals surface area contributed by atoms with E-state index in [1.165, 1.54) is 0 Å². The number of anilines is 1. The van der Waals surface area contributed by atoms with Crippen molar-refractivity contribution >= 4 is 17.6 Å². The van der Waals surface area contributed by atoms with Crippen molar-refractivity contribution in [2.45, 2.75) is 38.3 Å². The highest BCUT2D eigenvalue weighted by molar-refractivity contribution is 6.07. The highest BCUT2D eigenvalue weighted by atomic mass is 16.2. The summed E-state index contributed by atoms with van der Waals surface area (Å²) in [6, 6.07) is 1.02. The summed E-state index contributed by atoms with van der Waals surface area (Å²) in [7, 11) is 1.80. The maximum atomic E-state index is 12.6. The SMILES string of the molecule is CC1C(=O)N2CCCCC2C(=O)N1c1ccn(C)n1. The first-order valence-electron chi connectivity index (χ1n) is 6.73. The van der Waals surface area contributed by atoms with Crippen LogP contribution in [0.2, 0.25) is 0 Å². The number of piperidine rings is 1. The van der Waals surface area contributed by atoms with Crippen LogP contribution in [0.3, 0.4) is 0 Å². The van der Waals surface area contributed by atoms with Gasteiger partial charge in [-0.2, -0.15) is 5.10 Å². The van der Waals surface area contributed by atoms with Crippen LogP contribution < -0.4 is 4.90 Å². The van der Waals surface area contributed by atoms with E-state index in [0.29, 0.717) is 12.4 Å². The van der Waals surface area contributed by atoms with E-state index >= 15 is 0 Å². The lowest BCUT2D eigenvalue weighted by Crippen LogP contribution is -2.65. The Morgan fingerprint density at radius 2 is 2.05 bits per heavy atom. The smallest absolute Gasteiger partial charge is 0.251 e. The average Bonchev–Trinajstić information content (AvgIpc) is 2.83. The quantitative estimate of drug-likeness (QED) is 0.742. The molecule has 3 rings (SSSR count). The molecule has 102 valence electrons. The van der Waals surface area contributed by atoms with Crippen LogP contribution in [0.4, 0.5) is 5.82 Å². The van der Waals surface area contributed by atoms with E-state index < -0.39 is 6.04 Å². The Morgan fingerprint density at radius 1 is 1.26 bits per heavy atom. The molecule has 0 aromatic carbocycles. The van der Waals surface area contributed by atoms with Crippen LogP contribution in [-0.4, -0.2) is 45.1 Å². The standard InChI is InChI=1S/C13H18N4O2/c1-9-12(18)16-7-4-3-5-10(16)13(19)17(9)11-6-8-15(2)14-11/h6,8-10H,3-5,7H2,1-2H3. The Kier molecular flexibility index (Phi) is 2.80. The molecule has 0 bridgehead atoms. The van der Waals surface area contributed by atoms with Crippen molar-refractivity contribution in [3.63, 3.8) is 0 Å². The van der Waals surface area contributed by atoms with E-state index in [-0.39, 0.29) is 17.9 Å². The van der Waals surface area contributed by atoms with Gasteiger partial charge in [-0.3, -0.25) is 19.2 Å². The van der Waals surface area contributed by atoms with E-state index in [9.17, 15) is 9.59 Å². The van der Waals surface area contributed by atoms with Crippen LogP contribution >= 0.6 is 0 Å². The van der Waals surface area contributed by atoms with E-state index in [1.807, 2.05) is 0 Å². The minimum absolute atomic E-state index is 0.00509. The third kappa shape index (κ3) is 1.82. The lowest BCUT2D eigenvalue weighted by Gasteiger charge is -2.45. The second-order valence-electron chi connectivity index (χ2n) is 5.28. The first-order valence-corrected chi connectivity index (χ1v) is 6.73. The topological polar surface area (TPSA) is 58.4 Å². The molecule has 2 fully saturated rings. The molecule has 2 aliphatic heterocycles. The van der Waals surface area contributed by atoms with Crippen LogP contribution in [0.25, 0.3) is 0 Å². The summed E-state index contributed by atoms with van der Waals surface area (Å²) in [6.45, 7) is 2.48. The summed E-state index contributed by atoms with van der Waals surface area (Å²) in [4.78, 5) is 28.3. The monoisotopic (exact) mass is 262 g/mol. The number of piperazine rings is 1. The molecule has 6 nitrogen and oxygen atoms in total. The molecule has 6 heteroatoms. The van der Waals surface area contributed by atoms with Crippen molar-refractivity contribution in [1.29, 1.82) is 0 Å². The fraction of sp³-hybridized carbons (Fsp3) is 0.615. The highest BCUT2D eigenvalue weighted by Gasteiger charge is 2.45. The Balaban J connectivity index is 1.96. The molecule has 2 aliphatic rings. The Morgan fingerprint density at radius 3 is 2.74 bits per heavy atom. The molecular weight excluding hydrogens is 244 g/mol. The fourth-order valence-electron chi connectivity index (χ4n) is 3.00. The fourth-order valence-corrected chi connectivity index (χ4v) is 3.00. The van der Waals surface area contributed by atoms with Gasteiger partial charge in [0, 0.05) is 25.9 Å². The molecule has 0 N–H and O–H groups in total. The van der Waals surface area contributed by atoms with Crippen LogP contribution in [0.15, 0.2) is 12.3 Å². The zero-order valence-corrected chi connectivity index (χ0v) is 11.2. The third-order valence-corrected chi connectivity index (χ3v) is 4.00. The van der Waals surface area contributed by atoms with Crippen LogP contribution in [0.1, 0.15) is 26.2 Å². The Labute approximate surface area is 112 Å². The molecule has 2 amide bonds. The second kappa shape index (κ2) is 4.36. The van der Waals surface area contributed by atoms with Crippen molar-refractivity contribution in [3.05, 3.63) is 12.3 Å². The van der Waals surface area contributed by atoms with Crippen LogP contribution in [0, 0.1) is 0 Å². The van der Waals surface area contributed by atoms with Gasteiger partial charge in [-0.25, -0.2) is 0 Å². The van der Waals surface area contributed by atoms with E-state index in [2.05, 4.69) is 5.10 Å². The molecule has 1 aromatic heterocycles. The lowest BCUT2D eigenvalue weighted by atomic mass is 9.96. The molecule has 0 saturated carbocycles. The van der Waals surface area contributed by atoms with Gasteiger partial charge in [0.25, 0.3) is 5.91 Å².